The van der Waals surface area contributed by atoms with Crippen LogP contribution in [0.5, 0.6) is 0 Å². The second-order valence-corrected chi connectivity index (χ2v) is 10.1. The minimum atomic E-state index is -3.07. The molecule has 2 aromatic rings. The Hall–Kier alpha value is -1.97. The van der Waals surface area contributed by atoms with E-state index in [2.05, 4.69) is 10.3 Å². The van der Waals surface area contributed by atoms with Gasteiger partial charge in [0, 0.05) is 25.3 Å². The Morgan fingerprint density at radius 3 is 2.63 bits per heavy atom. The zero-order chi connectivity index (χ0) is 19.4. The van der Waals surface area contributed by atoms with E-state index in [1.807, 2.05) is 49.3 Å². The average Bonchev–Trinajstić information content (AvgIpc) is 3.22. The maximum absolute atomic E-state index is 12.8. The minimum absolute atomic E-state index is 0.0288. The summed E-state index contributed by atoms with van der Waals surface area (Å²) in [6.45, 7) is 1.13. The van der Waals surface area contributed by atoms with E-state index >= 15 is 0 Å². The zero-order valence-electron chi connectivity index (χ0n) is 15.5. The van der Waals surface area contributed by atoms with Gasteiger partial charge in [-0.1, -0.05) is 41.7 Å². The van der Waals surface area contributed by atoms with Crippen molar-refractivity contribution in [1.29, 1.82) is 0 Å². The largest absolute Gasteiger partial charge is 0.323 e. The Labute approximate surface area is 163 Å². The number of thiazole rings is 1. The van der Waals surface area contributed by atoms with E-state index in [1.54, 1.807) is 11.1 Å². The van der Waals surface area contributed by atoms with E-state index in [0.717, 1.165) is 10.4 Å². The molecule has 1 aliphatic heterocycles. The molecule has 1 fully saturated rings. The van der Waals surface area contributed by atoms with Crippen molar-refractivity contribution in [3.8, 4) is 10.4 Å². The number of urea groups is 1. The molecule has 9 heteroatoms. The molecule has 27 heavy (non-hydrogen) atoms. The van der Waals surface area contributed by atoms with Gasteiger partial charge in [-0.25, -0.2) is 18.2 Å². The first kappa shape index (κ1) is 19.8. The van der Waals surface area contributed by atoms with Gasteiger partial charge < -0.3 is 9.80 Å². The van der Waals surface area contributed by atoms with Crippen molar-refractivity contribution in [2.75, 3.05) is 44.0 Å². The molecule has 0 aliphatic carbocycles. The number of hydrogen-bond acceptors (Lipinski definition) is 6. The Morgan fingerprint density at radius 2 is 2.00 bits per heavy atom. The lowest BCUT2D eigenvalue weighted by molar-refractivity contribution is 0.186. The number of benzene rings is 1. The Balaban J connectivity index is 1.71. The third kappa shape index (κ3) is 5.27. The number of rotatable bonds is 6. The summed E-state index contributed by atoms with van der Waals surface area (Å²) in [7, 11) is 0.784. The number of sulfone groups is 1. The third-order valence-corrected chi connectivity index (χ3v) is 7.19. The van der Waals surface area contributed by atoms with Crippen LogP contribution in [0.1, 0.15) is 6.42 Å². The van der Waals surface area contributed by atoms with Crippen molar-refractivity contribution in [2.45, 2.75) is 12.5 Å². The van der Waals surface area contributed by atoms with Crippen LogP contribution < -0.4 is 5.32 Å². The number of hydrogen-bond donors (Lipinski definition) is 1. The molecule has 3 rings (SSSR count). The summed E-state index contributed by atoms with van der Waals surface area (Å²) in [5.41, 5.74) is 1.04. The first-order valence-electron chi connectivity index (χ1n) is 8.78. The molecule has 7 nitrogen and oxygen atoms in total. The van der Waals surface area contributed by atoms with Crippen molar-refractivity contribution >= 4 is 32.3 Å². The monoisotopic (exact) mass is 408 g/mol. The lowest BCUT2D eigenvalue weighted by Gasteiger charge is -2.29. The number of nitrogens with one attached hydrogen (secondary N) is 1. The predicted octanol–water partition coefficient (Wildman–Crippen LogP) is 2.39. The topological polar surface area (TPSA) is 82.6 Å². The van der Waals surface area contributed by atoms with E-state index in [0.29, 0.717) is 24.6 Å². The predicted molar refractivity (Wildman–Crippen MR) is 109 cm³/mol. The number of aromatic nitrogens is 1. The summed E-state index contributed by atoms with van der Waals surface area (Å²) in [6.07, 6.45) is 2.22. The summed E-state index contributed by atoms with van der Waals surface area (Å²) < 4.78 is 23.7. The summed E-state index contributed by atoms with van der Waals surface area (Å²) in [6, 6.07) is 9.26. The second kappa shape index (κ2) is 8.37. The summed E-state index contributed by atoms with van der Waals surface area (Å²) in [5, 5.41) is 3.35. The van der Waals surface area contributed by atoms with Gasteiger partial charge in [-0.05, 0) is 26.1 Å². The highest BCUT2D eigenvalue weighted by molar-refractivity contribution is 7.91. The Morgan fingerprint density at radius 1 is 1.26 bits per heavy atom. The molecular formula is C18H24N4O3S2. The molecule has 0 saturated carbocycles. The van der Waals surface area contributed by atoms with Gasteiger partial charge in [0.25, 0.3) is 0 Å². The van der Waals surface area contributed by atoms with Gasteiger partial charge in [0.1, 0.15) is 0 Å². The van der Waals surface area contributed by atoms with E-state index < -0.39 is 9.84 Å². The van der Waals surface area contributed by atoms with Gasteiger partial charge >= 0.3 is 6.03 Å². The van der Waals surface area contributed by atoms with Crippen LogP contribution in [0.15, 0.2) is 36.5 Å². The van der Waals surface area contributed by atoms with Crippen molar-refractivity contribution < 1.29 is 13.2 Å². The highest BCUT2D eigenvalue weighted by Gasteiger charge is 2.34. The van der Waals surface area contributed by atoms with Crippen molar-refractivity contribution in [3.63, 3.8) is 0 Å². The Kier molecular flexibility index (Phi) is 6.13. The smallest absolute Gasteiger partial charge is 0.319 e. The number of nitrogens with zero attached hydrogens (tertiary/aromatic N) is 3. The molecule has 0 bridgehead atoms. The second-order valence-electron chi connectivity index (χ2n) is 6.88. The lowest BCUT2D eigenvalue weighted by atomic mass is 10.2. The van der Waals surface area contributed by atoms with E-state index in [-0.39, 0.29) is 23.6 Å². The average molecular weight is 409 g/mol. The summed E-state index contributed by atoms with van der Waals surface area (Å²) >= 11 is 1.40. The number of likely N-dealkylation sites (N-methyl/N-ethyl adjacent to an activating group) is 1. The normalized spacial score (nSPS) is 18.6. The van der Waals surface area contributed by atoms with Crippen LogP contribution in [0.2, 0.25) is 0 Å². The highest BCUT2D eigenvalue weighted by atomic mass is 32.2. The molecule has 2 heterocycles. The van der Waals surface area contributed by atoms with Crippen LogP contribution in [0.3, 0.4) is 0 Å². The molecule has 146 valence electrons. The molecule has 1 saturated heterocycles. The summed E-state index contributed by atoms with van der Waals surface area (Å²) in [4.78, 5) is 21.7. The molecule has 0 unspecified atom stereocenters. The first-order valence-corrected chi connectivity index (χ1v) is 11.4. The molecule has 1 aromatic carbocycles. The minimum Gasteiger partial charge on any atom is -0.319 e. The first-order chi connectivity index (χ1) is 12.8. The van der Waals surface area contributed by atoms with Crippen molar-refractivity contribution in [3.05, 3.63) is 36.5 Å². The molecule has 2 amide bonds. The maximum atomic E-state index is 12.8. The van der Waals surface area contributed by atoms with Crippen LogP contribution in [0.4, 0.5) is 9.93 Å². The fourth-order valence-corrected chi connectivity index (χ4v) is 5.55. The third-order valence-electron chi connectivity index (χ3n) is 4.48. The van der Waals surface area contributed by atoms with E-state index in [9.17, 15) is 13.2 Å². The number of carbonyl (C=O) groups excluding carboxylic acids is 1. The van der Waals surface area contributed by atoms with Crippen molar-refractivity contribution in [2.24, 2.45) is 0 Å². The molecule has 1 N–H and O–H groups in total. The van der Waals surface area contributed by atoms with Gasteiger partial charge in [0.05, 0.1) is 16.4 Å². The van der Waals surface area contributed by atoms with Crippen LogP contribution in [0, 0.1) is 0 Å². The van der Waals surface area contributed by atoms with Gasteiger partial charge in [0.15, 0.2) is 15.0 Å². The van der Waals surface area contributed by atoms with E-state index in [4.69, 9.17) is 0 Å². The van der Waals surface area contributed by atoms with Crippen molar-refractivity contribution in [1.82, 2.24) is 14.8 Å². The fourth-order valence-electron chi connectivity index (χ4n) is 3.01. The number of anilines is 1. The number of carbonyl (C=O) groups is 1. The highest BCUT2D eigenvalue weighted by Crippen LogP contribution is 2.29. The van der Waals surface area contributed by atoms with Gasteiger partial charge in [-0.2, -0.15) is 0 Å². The molecule has 1 aromatic heterocycles. The van der Waals surface area contributed by atoms with Crippen LogP contribution >= 0.6 is 11.3 Å². The van der Waals surface area contributed by atoms with Gasteiger partial charge in [-0.15, -0.1) is 0 Å². The molecule has 1 aliphatic rings. The van der Waals surface area contributed by atoms with Gasteiger partial charge in [-0.3, -0.25) is 5.32 Å². The van der Waals surface area contributed by atoms with Gasteiger partial charge in [0.2, 0.25) is 0 Å². The molecular weight excluding hydrogens is 384 g/mol. The summed E-state index contributed by atoms with van der Waals surface area (Å²) in [5.74, 6) is 0.166. The maximum Gasteiger partial charge on any atom is 0.323 e. The number of amides is 2. The molecule has 0 spiro atoms. The quantitative estimate of drug-likeness (QED) is 0.794. The van der Waals surface area contributed by atoms with E-state index in [1.165, 1.54) is 11.3 Å². The molecule has 0 radical (unpaired) electrons. The zero-order valence-corrected chi connectivity index (χ0v) is 17.1. The fraction of sp³-hybridized carbons (Fsp3) is 0.444. The standard InChI is InChI=1S/C18H24N4O3S2/c1-21(2)9-10-22(15-8-11-27(24,25)13-15)18(23)20-17-19-12-16(26-17)14-6-4-3-5-7-14/h3-7,12,15H,8-11,13H2,1-2H3,(H,19,20,23)/t15-/m0/s1. The molecule has 1 atom stereocenters. The van der Waals surface area contributed by atoms with Crippen LogP contribution in [0.25, 0.3) is 10.4 Å². The lowest BCUT2D eigenvalue weighted by Crippen LogP contribution is -2.46. The van der Waals surface area contributed by atoms with Crippen LogP contribution in [-0.4, -0.2) is 74.0 Å². The Bertz CT molecular complexity index is 881. The van der Waals surface area contributed by atoms with Crippen LogP contribution in [-0.2, 0) is 9.84 Å². The SMILES string of the molecule is CN(C)CCN(C(=O)Nc1ncc(-c2ccccc2)s1)[C@H]1CCS(=O)(=O)C1.